The second kappa shape index (κ2) is 8.92. The van der Waals surface area contributed by atoms with Gasteiger partial charge in [-0.25, -0.2) is 0 Å². The summed E-state index contributed by atoms with van der Waals surface area (Å²) in [6, 6.07) is 16.0. The zero-order valence-electron chi connectivity index (χ0n) is 17.9. The maximum atomic E-state index is 13.5. The topological polar surface area (TPSA) is 59.6 Å². The fourth-order valence-electron chi connectivity index (χ4n) is 4.69. The first-order valence-corrected chi connectivity index (χ1v) is 11.0. The lowest BCUT2D eigenvalue weighted by Crippen LogP contribution is -2.47. The number of piperidine rings is 1. The molecule has 0 spiro atoms. The van der Waals surface area contributed by atoms with Gasteiger partial charge in [-0.2, -0.15) is 0 Å². The molecule has 1 aromatic heterocycles. The molecule has 1 aliphatic heterocycles. The molecule has 1 fully saturated rings. The number of aromatic amines is 1. The van der Waals surface area contributed by atoms with E-state index in [0.717, 1.165) is 55.5 Å². The van der Waals surface area contributed by atoms with Gasteiger partial charge in [0.05, 0.1) is 5.56 Å². The lowest BCUT2D eigenvalue weighted by molar-refractivity contribution is 0.0590. The summed E-state index contributed by atoms with van der Waals surface area (Å²) in [5.74, 6) is 0.250. The van der Waals surface area contributed by atoms with Crippen LogP contribution in [0.2, 0.25) is 0 Å². The molecule has 2 aromatic carbocycles. The highest BCUT2D eigenvalue weighted by molar-refractivity contribution is 6.08. The van der Waals surface area contributed by atoms with Gasteiger partial charge in [0.15, 0.2) is 0 Å². The Kier molecular flexibility index (Phi) is 6.09. The smallest absolute Gasteiger partial charge is 0.256 e. The molecular formula is C25H31N3O2. The second-order valence-electron chi connectivity index (χ2n) is 8.25. The van der Waals surface area contributed by atoms with Crippen LogP contribution >= 0.6 is 0 Å². The number of aromatic hydroxyl groups is 1. The van der Waals surface area contributed by atoms with Gasteiger partial charge in [0.2, 0.25) is 0 Å². The number of phenolic OH excluding ortho intramolecular Hbond substituents is 1. The molecule has 5 heteroatoms. The van der Waals surface area contributed by atoms with E-state index in [-0.39, 0.29) is 17.7 Å². The van der Waals surface area contributed by atoms with Gasteiger partial charge in [0, 0.05) is 48.8 Å². The van der Waals surface area contributed by atoms with Gasteiger partial charge in [-0.05, 0) is 56.9 Å². The van der Waals surface area contributed by atoms with Crippen molar-refractivity contribution in [2.24, 2.45) is 0 Å². The molecular weight excluding hydrogens is 374 g/mol. The quantitative estimate of drug-likeness (QED) is 0.641. The molecule has 4 rings (SSSR count). The van der Waals surface area contributed by atoms with Crippen molar-refractivity contribution < 1.29 is 9.90 Å². The number of likely N-dealkylation sites (tertiary alicyclic amines) is 1. The van der Waals surface area contributed by atoms with Gasteiger partial charge in [-0.1, -0.05) is 30.3 Å². The molecule has 30 heavy (non-hydrogen) atoms. The Bertz CT molecular complexity index is 1000. The van der Waals surface area contributed by atoms with Crippen molar-refractivity contribution in [3.63, 3.8) is 0 Å². The molecule has 0 radical (unpaired) electrons. The standard InChI is InChI=1S/C25H31N3O2/c1-3-28(25(30)24-18(2)26-23-10-9-21(29)17-22(23)24)20-12-15-27(16-13-20)14-11-19-7-5-4-6-8-19/h4-10,17,20,26,29H,3,11-16H2,1-2H3. The first-order valence-electron chi connectivity index (χ1n) is 11.0. The summed E-state index contributed by atoms with van der Waals surface area (Å²) in [6.45, 7) is 7.80. The molecule has 0 atom stereocenters. The molecule has 1 amide bonds. The Morgan fingerprint density at radius 1 is 1.17 bits per heavy atom. The van der Waals surface area contributed by atoms with E-state index in [1.807, 2.05) is 17.9 Å². The first kappa shape index (κ1) is 20.5. The van der Waals surface area contributed by atoms with Crippen LogP contribution in [-0.2, 0) is 6.42 Å². The van der Waals surface area contributed by atoms with E-state index in [2.05, 4.69) is 47.1 Å². The van der Waals surface area contributed by atoms with Gasteiger partial charge < -0.3 is 19.9 Å². The number of benzene rings is 2. The van der Waals surface area contributed by atoms with E-state index in [0.29, 0.717) is 12.1 Å². The summed E-state index contributed by atoms with van der Waals surface area (Å²) >= 11 is 0. The molecule has 1 saturated heterocycles. The number of aryl methyl sites for hydroxylation is 1. The Balaban J connectivity index is 1.42. The normalized spacial score (nSPS) is 15.5. The minimum atomic E-state index is 0.0644. The van der Waals surface area contributed by atoms with Gasteiger partial charge in [0.1, 0.15) is 5.75 Å². The summed E-state index contributed by atoms with van der Waals surface area (Å²) in [4.78, 5) is 21.3. The van der Waals surface area contributed by atoms with Crippen LogP contribution in [0.4, 0.5) is 0 Å². The fraction of sp³-hybridized carbons (Fsp3) is 0.400. The number of aromatic nitrogens is 1. The molecule has 3 aromatic rings. The van der Waals surface area contributed by atoms with Crippen LogP contribution in [0.3, 0.4) is 0 Å². The zero-order valence-corrected chi connectivity index (χ0v) is 17.9. The predicted molar refractivity (Wildman–Crippen MR) is 121 cm³/mol. The largest absolute Gasteiger partial charge is 0.508 e. The average Bonchev–Trinajstić information content (AvgIpc) is 3.09. The van der Waals surface area contributed by atoms with Crippen LogP contribution in [0.5, 0.6) is 5.75 Å². The summed E-state index contributed by atoms with van der Waals surface area (Å²) in [5.41, 5.74) is 3.82. The maximum absolute atomic E-state index is 13.5. The van der Waals surface area contributed by atoms with E-state index in [4.69, 9.17) is 0 Å². The number of rotatable bonds is 6. The zero-order chi connectivity index (χ0) is 21.1. The molecule has 0 bridgehead atoms. The Morgan fingerprint density at radius 3 is 2.60 bits per heavy atom. The van der Waals surface area contributed by atoms with Crippen molar-refractivity contribution in [2.45, 2.75) is 39.2 Å². The van der Waals surface area contributed by atoms with E-state index < -0.39 is 0 Å². The third-order valence-electron chi connectivity index (χ3n) is 6.34. The van der Waals surface area contributed by atoms with Gasteiger partial charge in [0.25, 0.3) is 5.91 Å². The summed E-state index contributed by atoms with van der Waals surface area (Å²) in [7, 11) is 0. The van der Waals surface area contributed by atoms with E-state index in [9.17, 15) is 9.90 Å². The summed E-state index contributed by atoms with van der Waals surface area (Å²) in [5, 5.41) is 10.7. The molecule has 0 saturated carbocycles. The second-order valence-corrected chi connectivity index (χ2v) is 8.25. The van der Waals surface area contributed by atoms with Crippen LogP contribution in [0.25, 0.3) is 10.9 Å². The van der Waals surface area contributed by atoms with E-state index in [1.54, 1.807) is 12.1 Å². The number of amides is 1. The number of hydrogen-bond donors (Lipinski definition) is 2. The summed E-state index contributed by atoms with van der Waals surface area (Å²) in [6.07, 6.45) is 3.07. The van der Waals surface area contributed by atoms with Crippen molar-refractivity contribution in [1.82, 2.24) is 14.8 Å². The number of hydrogen-bond acceptors (Lipinski definition) is 3. The van der Waals surface area contributed by atoms with Gasteiger partial charge >= 0.3 is 0 Å². The molecule has 5 nitrogen and oxygen atoms in total. The number of phenols is 1. The summed E-state index contributed by atoms with van der Waals surface area (Å²) < 4.78 is 0. The molecule has 0 unspecified atom stereocenters. The van der Waals surface area contributed by atoms with Crippen molar-refractivity contribution in [3.05, 3.63) is 65.4 Å². The number of carbonyl (C=O) groups excluding carboxylic acids is 1. The van der Waals surface area contributed by atoms with Crippen LogP contribution in [0.15, 0.2) is 48.5 Å². The average molecular weight is 406 g/mol. The van der Waals surface area contributed by atoms with Crippen LogP contribution in [-0.4, -0.2) is 58.0 Å². The maximum Gasteiger partial charge on any atom is 0.256 e. The minimum Gasteiger partial charge on any atom is -0.508 e. The molecule has 1 aliphatic rings. The van der Waals surface area contributed by atoms with E-state index in [1.165, 1.54) is 5.56 Å². The van der Waals surface area contributed by atoms with E-state index >= 15 is 0 Å². The number of fused-ring (bicyclic) bond motifs is 1. The Morgan fingerprint density at radius 2 is 1.90 bits per heavy atom. The number of carbonyl (C=O) groups is 1. The highest BCUT2D eigenvalue weighted by Gasteiger charge is 2.29. The van der Waals surface area contributed by atoms with Crippen molar-refractivity contribution in [3.8, 4) is 5.75 Å². The number of nitrogens with one attached hydrogen (secondary N) is 1. The lowest BCUT2D eigenvalue weighted by Gasteiger charge is -2.38. The highest BCUT2D eigenvalue weighted by atomic mass is 16.3. The fourth-order valence-corrected chi connectivity index (χ4v) is 4.69. The van der Waals surface area contributed by atoms with Crippen LogP contribution in [0.1, 0.15) is 41.4 Å². The SMILES string of the molecule is CCN(C(=O)c1c(C)[nH]c2ccc(O)cc12)C1CCN(CCc2ccccc2)CC1. The van der Waals surface area contributed by atoms with Gasteiger partial charge in [-0.15, -0.1) is 0 Å². The van der Waals surface area contributed by atoms with Crippen LogP contribution in [0, 0.1) is 6.92 Å². The van der Waals surface area contributed by atoms with Crippen LogP contribution < -0.4 is 0 Å². The molecule has 158 valence electrons. The minimum absolute atomic E-state index is 0.0644. The molecule has 2 N–H and O–H groups in total. The number of H-pyrrole nitrogens is 1. The van der Waals surface area contributed by atoms with Crippen molar-refractivity contribution >= 4 is 16.8 Å². The third kappa shape index (κ3) is 4.21. The highest BCUT2D eigenvalue weighted by Crippen LogP contribution is 2.28. The van der Waals surface area contributed by atoms with Gasteiger partial charge in [-0.3, -0.25) is 4.79 Å². The molecule has 0 aliphatic carbocycles. The number of nitrogens with zero attached hydrogens (tertiary/aromatic N) is 2. The lowest BCUT2D eigenvalue weighted by atomic mass is 10.0. The third-order valence-corrected chi connectivity index (χ3v) is 6.34. The Labute approximate surface area is 178 Å². The Hall–Kier alpha value is -2.79. The first-order chi connectivity index (χ1) is 14.6. The molecule has 2 heterocycles. The monoisotopic (exact) mass is 405 g/mol. The predicted octanol–water partition coefficient (Wildman–Crippen LogP) is 4.35. The van der Waals surface area contributed by atoms with Crippen molar-refractivity contribution in [2.75, 3.05) is 26.2 Å². The van der Waals surface area contributed by atoms with Crippen molar-refractivity contribution in [1.29, 1.82) is 0 Å².